The Hall–Kier alpha value is -2.50. The maximum Gasteiger partial charge on any atom is 0.416 e. The van der Waals surface area contributed by atoms with Crippen molar-refractivity contribution in [2.24, 2.45) is 0 Å². The molecule has 6 heteroatoms. The van der Waals surface area contributed by atoms with Crippen LogP contribution in [0, 0.1) is 0 Å². The highest BCUT2D eigenvalue weighted by molar-refractivity contribution is 6.11. The fourth-order valence-electron chi connectivity index (χ4n) is 2.65. The molecule has 2 aromatic carbocycles. The zero-order valence-electron chi connectivity index (χ0n) is 11.5. The van der Waals surface area contributed by atoms with Crippen LogP contribution in [0.2, 0.25) is 0 Å². The first-order chi connectivity index (χ1) is 10.4. The second-order valence-corrected chi connectivity index (χ2v) is 5.14. The van der Waals surface area contributed by atoms with Crippen LogP contribution < -0.4 is 10.6 Å². The minimum absolute atomic E-state index is 0.230. The SMILES string of the molecule is Nc1cccc2c1C(=O)N(c1cccc(C(F)(F)F)c1)CC2. The van der Waals surface area contributed by atoms with Crippen LogP contribution in [0.15, 0.2) is 42.5 Å². The van der Waals surface area contributed by atoms with Crippen molar-refractivity contribution in [2.75, 3.05) is 17.2 Å². The lowest BCUT2D eigenvalue weighted by molar-refractivity contribution is -0.137. The van der Waals surface area contributed by atoms with Gasteiger partial charge < -0.3 is 10.6 Å². The molecule has 0 bridgehead atoms. The fourth-order valence-corrected chi connectivity index (χ4v) is 2.65. The number of halogens is 3. The first kappa shape index (κ1) is 14.4. The lowest BCUT2D eigenvalue weighted by Gasteiger charge is -2.29. The van der Waals surface area contributed by atoms with E-state index in [9.17, 15) is 18.0 Å². The van der Waals surface area contributed by atoms with E-state index in [-0.39, 0.29) is 11.6 Å². The number of fused-ring (bicyclic) bond motifs is 1. The zero-order valence-corrected chi connectivity index (χ0v) is 11.5. The molecule has 0 aromatic heterocycles. The van der Waals surface area contributed by atoms with Gasteiger partial charge in [0.05, 0.1) is 11.1 Å². The molecule has 1 heterocycles. The molecule has 22 heavy (non-hydrogen) atoms. The standard InChI is InChI=1S/C16H13F3N2O/c17-16(18,19)11-4-2-5-12(9-11)21-8-7-10-3-1-6-13(20)14(10)15(21)22/h1-6,9H,7-8,20H2. The van der Waals surface area contributed by atoms with Crippen molar-refractivity contribution in [3.63, 3.8) is 0 Å². The summed E-state index contributed by atoms with van der Waals surface area (Å²) in [5.41, 5.74) is 6.85. The van der Waals surface area contributed by atoms with Crippen LogP contribution in [0.3, 0.4) is 0 Å². The number of hydrogen-bond donors (Lipinski definition) is 1. The summed E-state index contributed by atoms with van der Waals surface area (Å²) >= 11 is 0. The highest BCUT2D eigenvalue weighted by Gasteiger charge is 2.32. The molecule has 1 aliphatic rings. The highest BCUT2D eigenvalue weighted by Crippen LogP contribution is 2.33. The summed E-state index contributed by atoms with van der Waals surface area (Å²) in [5.74, 6) is -0.362. The smallest absolute Gasteiger partial charge is 0.398 e. The molecule has 0 atom stereocenters. The molecule has 1 amide bonds. The second-order valence-electron chi connectivity index (χ2n) is 5.14. The molecule has 0 unspecified atom stereocenters. The monoisotopic (exact) mass is 306 g/mol. The first-order valence-corrected chi connectivity index (χ1v) is 6.74. The van der Waals surface area contributed by atoms with Gasteiger partial charge in [0.1, 0.15) is 0 Å². The van der Waals surface area contributed by atoms with Crippen LogP contribution in [0.4, 0.5) is 24.5 Å². The zero-order chi connectivity index (χ0) is 15.9. The van der Waals surface area contributed by atoms with Gasteiger partial charge in [-0.05, 0) is 36.2 Å². The number of alkyl halides is 3. The lowest BCUT2D eigenvalue weighted by Crippen LogP contribution is -2.38. The van der Waals surface area contributed by atoms with Crippen molar-refractivity contribution < 1.29 is 18.0 Å². The third-order valence-corrected chi connectivity index (χ3v) is 3.73. The van der Waals surface area contributed by atoms with Gasteiger partial charge in [0.15, 0.2) is 0 Å². The van der Waals surface area contributed by atoms with Crippen molar-refractivity contribution in [1.82, 2.24) is 0 Å². The minimum atomic E-state index is -4.44. The van der Waals surface area contributed by atoms with E-state index >= 15 is 0 Å². The van der Waals surface area contributed by atoms with Crippen LogP contribution in [0.25, 0.3) is 0 Å². The number of nitrogens with zero attached hydrogens (tertiary/aromatic N) is 1. The van der Waals surface area contributed by atoms with Gasteiger partial charge in [0, 0.05) is 17.9 Å². The van der Waals surface area contributed by atoms with E-state index in [1.54, 1.807) is 12.1 Å². The summed E-state index contributed by atoms with van der Waals surface area (Å²) in [6.07, 6.45) is -3.88. The number of carbonyl (C=O) groups is 1. The van der Waals surface area contributed by atoms with E-state index in [0.717, 1.165) is 17.7 Å². The summed E-state index contributed by atoms with van der Waals surface area (Å²) in [6, 6.07) is 9.97. The van der Waals surface area contributed by atoms with Crippen molar-refractivity contribution in [2.45, 2.75) is 12.6 Å². The minimum Gasteiger partial charge on any atom is -0.398 e. The van der Waals surface area contributed by atoms with E-state index < -0.39 is 11.7 Å². The Morgan fingerprint density at radius 1 is 1.09 bits per heavy atom. The Morgan fingerprint density at radius 2 is 1.82 bits per heavy atom. The average Bonchev–Trinajstić information content (AvgIpc) is 2.47. The molecule has 3 rings (SSSR count). The van der Waals surface area contributed by atoms with E-state index in [1.165, 1.54) is 17.0 Å². The topological polar surface area (TPSA) is 46.3 Å². The Morgan fingerprint density at radius 3 is 2.55 bits per heavy atom. The first-order valence-electron chi connectivity index (χ1n) is 6.74. The molecule has 114 valence electrons. The van der Waals surface area contributed by atoms with E-state index in [2.05, 4.69) is 0 Å². The largest absolute Gasteiger partial charge is 0.416 e. The molecule has 0 saturated heterocycles. The van der Waals surface area contributed by atoms with Crippen LogP contribution in [0.5, 0.6) is 0 Å². The Kier molecular flexibility index (Phi) is 3.31. The second kappa shape index (κ2) is 5.05. The number of benzene rings is 2. The summed E-state index contributed by atoms with van der Waals surface area (Å²) in [7, 11) is 0. The van der Waals surface area contributed by atoms with Crippen molar-refractivity contribution >= 4 is 17.3 Å². The molecule has 2 aromatic rings. The average molecular weight is 306 g/mol. The molecular formula is C16H13F3N2O. The van der Waals surface area contributed by atoms with Gasteiger partial charge in [0.25, 0.3) is 5.91 Å². The molecule has 0 fully saturated rings. The highest BCUT2D eigenvalue weighted by atomic mass is 19.4. The number of amides is 1. The molecular weight excluding hydrogens is 293 g/mol. The molecule has 1 aliphatic heterocycles. The van der Waals surface area contributed by atoms with E-state index in [0.29, 0.717) is 24.2 Å². The summed E-state index contributed by atoms with van der Waals surface area (Å²) in [4.78, 5) is 13.9. The predicted molar refractivity (Wildman–Crippen MR) is 77.7 cm³/mol. The number of rotatable bonds is 1. The van der Waals surface area contributed by atoms with Gasteiger partial charge >= 0.3 is 6.18 Å². The van der Waals surface area contributed by atoms with Crippen LogP contribution in [-0.4, -0.2) is 12.5 Å². The maximum atomic E-state index is 12.8. The van der Waals surface area contributed by atoms with Crippen molar-refractivity contribution in [3.05, 3.63) is 59.2 Å². The Balaban J connectivity index is 2.01. The third-order valence-electron chi connectivity index (χ3n) is 3.73. The van der Waals surface area contributed by atoms with E-state index in [4.69, 9.17) is 5.73 Å². The van der Waals surface area contributed by atoms with Crippen molar-refractivity contribution in [3.8, 4) is 0 Å². The van der Waals surface area contributed by atoms with Crippen LogP contribution in [-0.2, 0) is 12.6 Å². The number of hydrogen-bond acceptors (Lipinski definition) is 2. The Labute approximate surface area is 125 Å². The normalized spacial score (nSPS) is 14.9. The van der Waals surface area contributed by atoms with Crippen molar-refractivity contribution in [1.29, 1.82) is 0 Å². The predicted octanol–water partition coefficient (Wildman–Crippen LogP) is 3.49. The van der Waals surface area contributed by atoms with Gasteiger partial charge in [-0.1, -0.05) is 18.2 Å². The summed E-state index contributed by atoms with van der Waals surface area (Å²) in [6.45, 7) is 0.330. The molecule has 3 nitrogen and oxygen atoms in total. The summed E-state index contributed by atoms with van der Waals surface area (Å²) < 4.78 is 38.4. The number of carbonyl (C=O) groups excluding carboxylic acids is 1. The maximum absolute atomic E-state index is 12.8. The number of anilines is 2. The molecule has 0 saturated carbocycles. The van der Waals surface area contributed by atoms with Crippen LogP contribution in [0.1, 0.15) is 21.5 Å². The lowest BCUT2D eigenvalue weighted by atomic mass is 9.96. The van der Waals surface area contributed by atoms with Gasteiger partial charge in [0.2, 0.25) is 0 Å². The van der Waals surface area contributed by atoms with Gasteiger partial charge in [-0.25, -0.2) is 0 Å². The molecule has 0 aliphatic carbocycles. The number of nitrogen functional groups attached to an aromatic ring is 1. The molecule has 2 N–H and O–H groups in total. The molecule has 0 radical (unpaired) electrons. The van der Waals surface area contributed by atoms with Gasteiger partial charge in [-0.3, -0.25) is 4.79 Å². The Bertz CT molecular complexity index is 740. The fraction of sp³-hybridized carbons (Fsp3) is 0.188. The molecule has 0 spiro atoms. The number of nitrogens with two attached hydrogens (primary N) is 1. The quantitative estimate of drug-likeness (QED) is 0.820. The van der Waals surface area contributed by atoms with Gasteiger partial charge in [-0.2, -0.15) is 13.2 Å². The van der Waals surface area contributed by atoms with Gasteiger partial charge in [-0.15, -0.1) is 0 Å². The van der Waals surface area contributed by atoms with E-state index in [1.807, 2.05) is 6.07 Å². The van der Waals surface area contributed by atoms with Crippen LogP contribution >= 0.6 is 0 Å². The third kappa shape index (κ3) is 2.41. The summed E-state index contributed by atoms with van der Waals surface area (Å²) in [5, 5.41) is 0.